The van der Waals surface area contributed by atoms with E-state index in [-0.39, 0.29) is 16.8 Å². The normalized spacial score (nSPS) is 11.5. The largest absolute Gasteiger partial charge is 0.493 e. The van der Waals surface area contributed by atoms with Gasteiger partial charge in [0.25, 0.3) is 5.56 Å². The maximum atomic E-state index is 13.4. The highest BCUT2D eigenvalue weighted by molar-refractivity contribution is 6.11. The minimum atomic E-state index is -0.543. The summed E-state index contributed by atoms with van der Waals surface area (Å²) in [7, 11) is 3.04. The molecule has 3 aromatic heterocycles. The number of para-hydroxylation sites is 2. The number of hydrogen-bond donors (Lipinski definition) is 1. The Kier molecular flexibility index (Phi) is 6.45. The third-order valence-electron chi connectivity index (χ3n) is 6.37. The molecule has 5 aromatic rings. The number of benzene rings is 2. The van der Waals surface area contributed by atoms with E-state index in [1.807, 2.05) is 24.3 Å². The molecule has 0 fully saturated rings. The second kappa shape index (κ2) is 9.85. The maximum Gasteiger partial charge on any atom is 0.344 e. The van der Waals surface area contributed by atoms with Crippen molar-refractivity contribution >= 4 is 44.7 Å². The predicted octanol–water partition coefficient (Wildman–Crippen LogP) is 5.02. The van der Waals surface area contributed by atoms with E-state index in [2.05, 4.69) is 11.9 Å². The maximum absolute atomic E-state index is 13.4. The molecule has 0 unspecified atom stereocenters. The van der Waals surface area contributed by atoms with Gasteiger partial charge in [-0.25, -0.2) is 14.8 Å². The lowest BCUT2D eigenvalue weighted by Crippen LogP contribution is -2.13. The number of fused-ring (bicyclic) bond motifs is 6. The summed E-state index contributed by atoms with van der Waals surface area (Å²) < 4.78 is 18.2. The van der Waals surface area contributed by atoms with Crippen LogP contribution in [0.5, 0.6) is 11.5 Å². The van der Waals surface area contributed by atoms with Crippen molar-refractivity contribution < 1.29 is 19.0 Å². The first-order chi connectivity index (χ1) is 17.6. The summed E-state index contributed by atoms with van der Waals surface area (Å²) in [5.41, 5.74) is 2.71. The number of esters is 1. The average molecular weight is 489 g/mol. The topological polar surface area (TPSA) is 108 Å². The number of nitrogens with one attached hydrogen (secondary N) is 1. The number of nitrogens with zero attached hydrogens (tertiary/aromatic N) is 3. The van der Waals surface area contributed by atoms with Gasteiger partial charge in [-0.3, -0.25) is 9.20 Å². The zero-order valence-electron chi connectivity index (χ0n) is 20.6. The molecule has 0 aliphatic rings. The fourth-order valence-electron chi connectivity index (χ4n) is 4.54. The van der Waals surface area contributed by atoms with Gasteiger partial charge in [0, 0.05) is 6.07 Å². The summed E-state index contributed by atoms with van der Waals surface area (Å²) in [5.74, 6) is 0.326. The van der Waals surface area contributed by atoms with Crippen molar-refractivity contribution in [3.8, 4) is 11.5 Å². The molecule has 0 amide bonds. The number of hydrogen-bond acceptors (Lipinski definition) is 7. The lowest BCUT2D eigenvalue weighted by atomic mass is 10.2. The Morgan fingerprint density at radius 1 is 0.972 bits per heavy atom. The first-order valence-electron chi connectivity index (χ1n) is 12.1. The first-order valence-corrected chi connectivity index (χ1v) is 12.1. The van der Waals surface area contributed by atoms with Crippen molar-refractivity contribution in [2.45, 2.75) is 39.0 Å². The highest BCUT2D eigenvalue weighted by atomic mass is 16.5. The second-order valence-electron chi connectivity index (χ2n) is 8.67. The number of carbonyl (C=O) groups is 1. The van der Waals surface area contributed by atoms with Crippen LogP contribution in [-0.2, 0) is 4.74 Å². The summed E-state index contributed by atoms with van der Waals surface area (Å²) in [4.78, 5) is 38.9. The van der Waals surface area contributed by atoms with Crippen LogP contribution in [0.3, 0.4) is 0 Å². The molecule has 0 aliphatic heterocycles. The fraction of sp³-hybridized carbons (Fsp3) is 0.333. The van der Waals surface area contributed by atoms with E-state index in [9.17, 15) is 9.59 Å². The van der Waals surface area contributed by atoms with Crippen LogP contribution in [0.1, 0.15) is 49.4 Å². The summed E-state index contributed by atoms with van der Waals surface area (Å²) >= 11 is 0. The van der Waals surface area contributed by atoms with Gasteiger partial charge in [0.05, 0.1) is 42.8 Å². The lowest BCUT2D eigenvalue weighted by Gasteiger charge is -2.10. The van der Waals surface area contributed by atoms with Crippen molar-refractivity contribution in [2.24, 2.45) is 0 Å². The predicted molar refractivity (Wildman–Crippen MR) is 138 cm³/mol. The highest BCUT2D eigenvalue weighted by Crippen LogP contribution is 2.34. The zero-order chi connectivity index (χ0) is 25.2. The Labute approximate surface area is 207 Å². The Morgan fingerprint density at radius 3 is 2.39 bits per heavy atom. The molecule has 1 N–H and O–H groups in total. The molecule has 3 heterocycles. The lowest BCUT2D eigenvalue weighted by molar-refractivity contribution is 0.0502. The molecule has 5 rings (SSSR count). The zero-order valence-corrected chi connectivity index (χ0v) is 20.6. The van der Waals surface area contributed by atoms with E-state index < -0.39 is 5.97 Å². The minimum Gasteiger partial charge on any atom is -0.493 e. The Hall–Kier alpha value is -4.14. The van der Waals surface area contributed by atoms with Crippen LogP contribution in [0, 0.1) is 0 Å². The molecule has 0 atom stereocenters. The van der Waals surface area contributed by atoms with Crippen LogP contribution in [0.2, 0.25) is 0 Å². The molecular formula is C27H28N4O5. The number of aromatic amines is 1. The number of unbranched alkanes of at least 4 members (excludes halogenated alkanes) is 4. The quantitative estimate of drug-likeness (QED) is 0.229. The van der Waals surface area contributed by atoms with E-state index in [0.29, 0.717) is 51.2 Å². The van der Waals surface area contributed by atoms with Crippen molar-refractivity contribution in [1.82, 2.24) is 19.4 Å². The van der Waals surface area contributed by atoms with E-state index in [0.717, 1.165) is 32.1 Å². The van der Waals surface area contributed by atoms with Crippen LogP contribution >= 0.6 is 0 Å². The molecule has 0 bridgehead atoms. The van der Waals surface area contributed by atoms with Gasteiger partial charge < -0.3 is 19.2 Å². The molecule has 0 spiro atoms. The average Bonchev–Trinajstić information content (AvgIpc) is 3.21. The minimum absolute atomic E-state index is 0.186. The Morgan fingerprint density at radius 2 is 1.67 bits per heavy atom. The van der Waals surface area contributed by atoms with Crippen LogP contribution in [0.4, 0.5) is 0 Å². The van der Waals surface area contributed by atoms with E-state index in [1.54, 1.807) is 16.5 Å². The number of ether oxygens (including phenoxy) is 3. The first kappa shape index (κ1) is 23.6. The second-order valence-corrected chi connectivity index (χ2v) is 8.67. The molecule has 0 aliphatic carbocycles. The number of methoxy groups -OCH3 is 2. The molecule has 0 saturated heterocycles. The number of aromatic nitrogens is 4. The number of H-pyrrole nitrogens is 1. The molecule has 2 aromatic carbocycles. The molecule has 0 saturated carbocycles. The standard InChI is InChI=1S/C27H28N4O5/c1-4-5-6-7-10-13-36-27(33)22-23-25(29-18-12-9-8-11-17(18)28-23)31-19-15-21(35-3)20(34-2)14-16(19)26(32)30-24(22)31/h8-9,11-12,14-15H,4-7,10,13H2,1-3H3,(H,30,32). The van der Waals surface area contributed by atoms with Crippen molar-refractivity contribution in [2.75, 3.05) is 20.8 Å². The van der Waals surface area contributed by atoms with E-state index in [4.69, 9.17) is 24.2 Å². The molecule has 0 radical (unpaired) electrons. The Balaban J connectivity index is 1.74. The third-order valence-corrected chi connectivity index (χ3v) is 6.37. The van der Waals surface area contributed by atoms with Crippen LogP contribution in [0.25, 0.3) is 38.7 Å². The Bertz CT molecular complexity index is 1650. The van der Waals surface area contributed by atoms with Gasteiger partial charge in [-0.05, 0) is 24.6 Å². The van der Waals surface area contributed by atoms with Crippen LogP contribution < -0.4 is 15.0 Å². The molecule has 9 heteroatoms. The van der Waals surface area contributed by atoms with Gasteiger partial charge in [0.2, 0.25) is 0 Å². The molecule has 9 nitrogen and oxygen atoms in total. The van der Waals surface area contributed by atoms with E-state index >= 15 is 0 Å². The van der Waals surface area contributed by atoms with Crippen molar-refractivity contribution in [1.29, 1.82) is 0 Å². The van der Waals surface area contributed by atoms with Crippen molar-refractivity contribution in [3.05, 3.63) is 52.3 Å². The monoisotopic (exact) mass is 488 g/mol. The van der Waals surface area contributed by atoms with Gasteiger partial charge in [-0.2, -0.15) is 0 Å². The van der Waals surface area contributed by atoms with Crippen LogP contribution in [-0.4, -0.2) is 46.1 Å². The number of carbonyl (C=O) groups excluding carboxylic acids is 1. The third kappa shape index (κ3) is 4.00. The fourth-order valence-corrected chi connectivity index (χ4v) is 4.54. The highest BCUT2D eigenvalue weighted by Gasteiger charge is 2.26. The van der Waals surface area contributed by atoms with Gasteiger partial charge >= 0.3 is 5.97 Å². The van der Waals surface area contributed by atoms with Gasteiger partial charge in [-0.1, -0.05) is 44.7 Å². The SMILES string of the molecule is CCCCCCCOC(=O)c1c2nc3ccccc3nc2n2c1[nH]c(=O)c1cc(OC)c(OC)cc12. The van der Waals surface area contributed by atoms with Crippen LogP contribution in [0.15, 0.2) is 41.2 Å². The smallest absolute Gasteiger partial charge is 0.344 e. The molecular weight excluding hydrogens is 460 g/mol. The van der Waals surface area contributed by atoms with Gasteiger partial charge in [0.15, 0.2) is 17.1 Å². The van der Waals surface area contributed by atoms with Gasteiger partial charge in [-0.15, -0.1) is 0 Å². The molecule has 186 valence electrons. The van der Waals surface area contributed by atoms with Crippen molar-refractivity contribution in [3.63, 3.8) is 0 Å². The van der Waals surface area contributed by atoms with E-state index in [1.165, 1.54) is 14.2 Å². The summed E-state index contributed by atoms with van der Waals surface area (Å²) in [6, 6.07) is 10.7. The summed E-state index contributed by atoms with van der Waals surface area (Å²) in [5, 5.41) is 0.364. The summed E-state index contributed by atoms with van der Waals surface area (Å²) in [6.45, 7) is 2.45. The number of rotatable bonds is 9. The summed E-state index contributed by atoms with van der Waals surface area (Å²) in [6.07, 6.45) is 5.18. The van der Waals surface area contributed by atoms with Gasteiger partial charge in [0.1, 0.15) is 16.7 Å². The molecule has 36 heavy (non-hydrogen) atoms.